The van der Waals surface area contributed by atoms with E-state index in [1.54, 1.807) is 4.90 Å². The van der Waals surface area contributed by atoms with Crippen molar-refractivity contribution in [1.29, 1.82) is 0 Å². The Morgan fingerprint density at radius 1 is 0.392 bits per heavy atom. The summed E-state index contributed by atoms with van der Waals surface area (Å²) in [6.45, 7) is -3.17. The zero-order valence-electron chi connectivity index (χ0n) is 58.0. The topological polar surface area (TPSA) is 242 Å². The second kappa shape index (κ2) is 18.0. The fourth-order valence-electron chi connectivity index (χ4n) is 45.0. The van der Waals surface area contributed by atoms with Crippen molar-refractivity contribution in [3.63, 3.8) is 0 Å². The maximum absolute atomic E-state index is 13.7. The van der Waals surface area contributed by atoms with Crippen molar-refractivity contribution in [3.05, 3.63) is 0 Å². The molecule has 31 fully saturated rings. The molecule has 66 atom stereocenters. The average Bonchev–Trinajstić information content (AvgIpc) is 0.630. The maximum Gasteiger partial charge on any atom is 0.472 e. The molecular formula is C82H105N3O13P2S2. The number of aliphatic hydroxyl groups excluding tert-OH is 4. The monoisotopic (exact) mass is 1470 g/mol. The number of thiol groups is 1. The van der Waals surface area contributed by atoms with Gasteiger partial charge in [-0.3, -0.25) is 18.6 Å². The van der Waals surface area contributed by atoms with Crippen LogP contribution in [0.1, 0.15) is 51.4 Å². The molecule has 0 aromatic heterocycles. The molecule has 0 aromatic rings. The lowest BCUT2D eigenvalue weighted by Crippen LogP contribution is -2.99. The number of phosphoric ester groups is 1. The van der Waals surface area contributed by atoms with Crippen molar-refractivity contribution in [2.45, 2.75) is 87.9 Å². The Bertz CT molecular complexity index is 4060. The van der Waals surface area contributed by atoms with Crippen molar-refractivity contribution in [3.8, 4) is 0 Å². The summed E-state index contributed by atoms with van der Waals surface area (Å²) < 4.78 is 36.8. The number of carbonyl (C=O) groups is 2. The lowest BCUT2D eigenvalue weighted by atomic mass is 9.02. The molecular weight excluding hydrogens is 1360 g/mol. The zero-order valence-corrected chi connectivity index (χ0v) is 61.5. The van der Waals surface area contributed by atoms with Crippen LogP contribution in [0.25, 0.3) is 0 Å². The minimum Gasteiger partial charge on any atom is -0.396 e. The minimum absolute atomic E-state index is 0.0168. The number of amides is 2. The second-order valence-corrected chi connectivity index (χ2v) is 49.0. The summed E-state index contributed by atoms with van der Waals surface area (Å²) in [6.07, 6.45) is 1.40. The zero-order chi connectivity index (χ0) is 66.4. The number of nitrogens with two attached hydrogens (primary N) is 1. The molecule has 29 saturated carbocycles. The summed E-state index contributed by atoms with van der Waals surface area (Å²) in [5.41, 5.74) is 5.74. The maximum atomic E-state index is 13.7. The van der Waals surface area contributed by atoms with Crippen LogP contribution in [-0.2, 0) is 44.1 Å². The van der Waals surface area contributed by atoms with Gasteiger partial charge in [0.25, 0.3) is 0 Å². The third-order valence-electron chi connectivity index (χ3n) is 45.9. The Labute approximate surface area is 608 Å². The molecule has 0 aromatic carbocycles. The number of phosphoric acid groups is 1. The van der Waals surface area contributed by atoms with Crippen LogP contribution in [0.3, 0.4) is 0 Å². The first-order valence-corrected chi connectivity index (χ1v) is 48.3. The van der Waals surface area contributed by atoms with E-state index in [9.17, 15) is 44.4 Å². The van der Waals surface area contributed by atoms with Gasteiger partial charge in [-0.15, -0.1) is 0 Å². The van der Waals surface area contributed by atoms with Crippen LogP contribution in [0.5, 0.6) is 0 Å². The minimum atomic E-state index is -4.68. The molecule has 31 aliphatic rings. The van der Waals surface area contributed by atoms with Crippen LogP contribution in [0, 0.1) is 343 Å². The largest absolute Gasteiger partial charge is 0.472 e. The molecule has 548 valence electrons. The van der Waals surface area contributed by atoms with Gasteiger partial charge in [0, 0.05) is 44.4 Å². The number of likely N-dealkylation sites (tertiary alicyclic amines) is 2. The third kappa shape index (κ3) is 5.54. The predicted octanol–water partition coefficient (Wildman–Crippen LogP) is 6.38. The van der Waals surface area contributed by atoms with Gasteiger partial charge in [0.1, 0.15) is 0 Å². The highest BCUT2D eigenvalue weighted by atomic mass is 32.5. The number of β-amino-alcohol motifs (C(OH)–C–C–N with tert-alkyl or cyclic N) is 1. The summed E-state index contributed by atoms with van der Waals surface area (Å²) in [6, 6.07) is -1.20. The van der Waals surface area contributed by atoms with E-state index >= 15 is 0 Å². The molecule has 29 aliphatic carbocycles. The highest BCUT2D eigenvalue weighted by Crippen LogP contribution is 3.04. The molecule has 0 radical (unpaired) electrons. The van der Waals surface area contributed by atoms with Crippen molar-refractivity contribution in [2.24, 2.45) is 349 Å². The van der Waals surface area contributed by atoms with Crippen LogP contribution in [0.2, 0.25) is 0 Å². The predicted molar refractivity (Wildman–Crippen MR) is 367 cm³/mol. The molecule has 2 heterocycles. The average molecular weight is 1470 g/mol. The molecule has 2 aliphatic heterocycles. The highest BCUT2D eigenvalue weighted by molar-refractivity contribution is 8.07. The molecule has 2 saturated heterocycles. The SMILES string of the molecule is NCCCCCC(=O)N1CC(OP(=O)(O)OC[C@@H]2C[C@@H](O)CN2C(=O)CCCS)C[C@H]1COP(O)(=S)OC[C@H]1[C@@H](O)[C@@H]2[C@H]1[C@H]1[C@@H]2[C@@H]2[C@H]1[C@H]1[C@@H]2[C@@H]2[C@H]1[C@@H]1[C@@H]3[C@@H]4[C@@H]5[C@@H]6[C@@H]7[C@@H]8C9C%10C%11C(C%10[C@@H]9[C@@H]8[C@@H]7[C@@H]6[C@@H]5[C@@H]4[C@@H]3[C@H]21)C1[C@H]%11[C@H]2[C@@H]1[C@H]1[C@H]3[C@@H]4[C@@H]([C@@H]5[C@@H]6C7[C@H]([C@@H]8[C@H]7[C@@H]7[C@@H]9[C@@H]%10[C@@H]%11[C@H](O)[C@H](CO)[C@@H]%11[C@@H]%10[C@@H]9[C@H]87)[C@@H]6[C@@H]54)[C@H]3[C@H]12. The number of unbranched alkanes of at least 4 members (excludes halogenated alkanes) is 2. The van der Waals surface area contributed by atoms with Crippen LogP contribution in [-0.4, -0.2) is 140 Å². The fourth-order valence-corrected chi connectivity index (χ4v) is 47.3. The fraction of sp³-hybridized carbons (Fsp3) is 0.976. The molecule has 102 heavy (non-hydrogen) atoms. The third-order valence-corrected chi connectivity index (χ3v) is 48.9. The molecule has 31 rings (SSSR count). The summed E-state index contributed by atoms with van der Waals surface area (Å²) in [5.74, 6) is 59.9. The van der Waals surface area contributed by atoms with Gasteiger partial charge in [-0.05, 0) is 388 Å². The Hall–Kier alpha value is -0.270. The first-order chi connectivity index (χ1) is 49.7. The molecule has 16 nitrogen and oxygen atoms in total. The Kier molecular flexibility index (Phi) is 10.5. The number of hydrogen-bond acceptors (Lipinski definition) is 14. The quantitative estimate of drug-likeness (QED) is 0.0286. The van der Waals surface area contributed by atoms with Crippen molar-refractivity contribution >= 4 is 50.8 Å². The van der Waals surface area contributed by atoms with Crippen LogP contribution in [0.15, 0.2) is 0 Å². The Balaban J connectivity index is 0.324. The van der Waals surface area contributed by atoms with E-state index in [0.717, 1.165) is 155 Å². The smallest absolute Gasteiger partial charge is 0.396 e. The first-order valence-electron chi connectivity index (χ1n) is 43.5. The molecule has 2 amide bonds. The molecule has 10 unspecified atom stereocenters. The van der Waals surface area contributed by atoms with E-state index in [-0.39, 0.29) is 95.0 Å². The van der Waals surface area contributed by atoms with Crippen LogP contribution in [0.4, 0.5) is 0 Å². The summed E-state index contributed by atoms with van der Waals surface area (Å²) in [5, 5.41) is 43.2. The van der Waals surface area contributed by atoms with E-state index in [1.807, 2.05) is 0 Å². The van der Waals surface area contributed by atoms with Crippen LogP contribution >= 0.6 is 27.2 Å². The van der Waals surface area contributed by atoms with E-state index in [1.165, 1.54) is 159 Å². The number of carbonyl (C=O) groups excluding carboxylic acids is 2. The number of aliphatic hydroxyl groups is 4. The lowest BCUT2D eigenvalue weighted by Gasteiger charge is -3.02. The van der Waals surface area contributed by atoms with E-state index in [0.29, 0.717) is 60.6 Å². The van der Waals surface area contributed by atoms with Gasteiger partial charge >= 0.3 is 14.5 Å². The van der Waals surface area contributed by atoms with Gasteiger partial charge in [-0.25, -0.2) is 4.57 Å². The van der Waals surface area contributed by atoms with E-state index in [2.05, 4.69) is 12.6 Å². The Morgan fingerprint density at radius 3 is 1.04 bits per heavy atom. The van der Waals surface area contributed by atoms with Gasteiger partial charge in [0.2, 0.25) is 11.8 Å². The summed E-state index contributed by atoms with van der Waals surface area (Å²) in [4.78, 5) is 52.3. The molecule has 0 spiro atoms. The summed E-state index contributed by atoms with van der Waals surface area (Å²) in [7, 11) is -4.68. The van der Waals surface area contributed by atoms with E-state index < -0.39 is 44.9 Å². The van der Waals surface area contributed by atoms with Gasteiger partial charge in [0.05, 0.1) is 56.3 Å². The number of fused-ring (bicyclic) bond motifs is 82. The van der Waals surface area contributed by atoms with E-state index in [4.69, 9.17) is 35.6 Å². The first kappa shape index (κ1) is 59.5. The number of hydrogen-bond donors (Lipinski definition) is 8. The normalized spacial score (nSPS) is 73.8. The highest BCUT2D eigenvalue weighted by Gasteiger charge is 3.01. The van der Waals surface area contributed by atoms with Gasteiger partial charge in [-0.2, -0.15) is 12.6 Å². The van der Waals surface area contributed by atoms with Crippen molar-refractivity contribution < 1.29 is 62.5 Å². The van der Waals surface area contributed by atoms with Gasteiger partial charge in [-0.1, -0.05) is 6.42 Å². The molecule has 8 N–H and O–H groups in total. The standard InChI is InChI=1S/C82H105N3O13P2S2/c83-7-3-1-2-5-23(88)85-12-20(98-99(92,93)95-14-17-9-19(87)11-84(17)24(89)6-4-8-101)10-18(85)15-96-100(94,102)97-16-22-26-28-30-32-34-36-38-40-42-44-46-48-50-52-53-51(54(52)56(50)58(48)60(46)62(44)64(42)66(40)68(38)70(36)72(34)74(32)76(30)78(28)80(26)82(22)91)49-47-45-43-41-39-37-35-33-31-29-27-25-21(13-86)81(90)79(25)77(27)75(29)73(31)71(33)69(35)67(37)65(39)63(41)61(43)59(45)57(47)55(49)53/h17-22,25-82,86-87,90-91,101H,1-16,83H2,(H,92,93)(H,94,102)/t17-,18-,19+,20?,21+,22+,25+,26+,27+,28+,29+,30+,31+,32+,33+,34+,35+,36+,37+,38+,39+,40+,41+,42+,43+,44+,45+,46+,47+,48+,49?,50?,51?,52?,53?,54?,55+,56+,57+,58+,59+,60+,61+,62+,63+,64+,65+,66+,67+,68+,69?,70+,71+,72+,73+,74+,75+,76+,77+,78+,79+,80+,81+,82+,100?/m0/s1. The van der Waals surface area contributed by atoms with Crippen molar-refractivity contribution in [2.75, 3.05) is 51.8 Å². The van der Waals surface area contributed by atoms with Gasteiger partial charge in [0.15, 0.2) is 0 Å². The second-order valence-electron chi connectivity index (χ2n) is 44.3. The van der Waals surface area contributed by atoms with Crippen LogP contribution < -0.4 is 5.73 Å². The lowest BCUT2D eigenvalue weighted by molar-refractivity contribution is -0.556. The number of nitrogens with zero attached hydrogens (tertiary/aromatic N) is 2. The Morgan fingerprint density at radius 2 is 0.686 bits per heavy atom. The molecule has 20 heteroatoms. The van der Waals surface area contributed by atoms with Crippen molar-refractivity contribution in [1.82, 2.24) is 9.80 Å². The number of rotatable bonds is 20. The molecule has 0 bridgehead atoms. The summed E-state index contributed by atoms with van der Waals surface area (Å²) >= 11 is 9.87. The van der Waals surface area contributed by atoms with Gasteiger partial charge < -0.3 is 54.8 Å².